The third-order valence-electron chi connectivity index (χ3n) is 4.55. The predicted molar refractivity (Wildman–Crippen MR) is 73.7 cm³/mol. The highest BCUT2D eigenvalue weighted by atomic mass is 16.4. The fourth-order valence-electron chi connectivity index (χ4n) is 2.89. The van der Waals surface area contributed by atoms with Crippen LogP contribution < -0.4 is 10.6 Å². The summed E-state index contributed by atoms with van der Waals surface area (Å²) < 4.78 is 0. The topological polar surface area (TPSA) is 98.7 Å². The second-order valence-corrected chi connectivity index (χ2v) is 6.23. The van der Waals surface area contributed by atoms with Gasteiger partial charge in [-0.1, -0.05) is 0 Å². The van der Waals surface area contributed by atoms with Gasteiger partial charge in [0.25, 0.3) is 0 Å². The van der Waals surface area contributed by atoms with Gasteiger partial charge in [0.15, 0.2) is 0 Å². The predicted octanol–water partition coefficient (Wildman–Crippen LogP) is 0.960. The molecule has 0 bridgehead atoms. The number of nitrogens with one attached hydrogen (secondary N) is 2. The average molecular weight is 284 g/mol. The second-order valence-electron chi connectivity index (χ2n) is 6.23. The van der Waals surface area contributed by atoms with Gasteiger partial charge < -0.3 is 20.8 Å². The summed E-state index contributed by atoms with van der Waals surface area (Å²) >= 11 is 0. The van der Waals surface area contributed by atoms with E-state index in [1.807, 2.05) is 0 Å². The molecule has 0 atom stereocenters. The maximum atomic E-state index is 9.10. The first-order valence-corrected chi connectivity index (χ1v) is 7.43. The highest BCUT2D eigenvalue weighted by molar-refractivity contribution is 6.27. The Morgan fingerprint density at radius 1 is 0.700 bits per heavy atom. The van der Waals surface area contributed by atoms with Gasteiger partial charge in [-0.2, -0.15) is 0 Å². The van der Waals surface area contributed by atoms with Crippen LogP contribution in [0.15, 0.2) is 0 Å². The molecule has 20 heavy (non-hydrogen) atoms. The molecule has 0 aromatic heterocycles. The Labute approximate surface area is 118 Å². The second kappa shape index (κ2) is 6.10. The van der Waals surface area contributed by atoms with Crippen LogP contribution in [0.25, 0.3) is 0 Å². The zero-order valence-electron chi connectivity index (χ0n) is 11.8. The first kappa shape index (κ1) is 15.3. The molecule has 2 saturated carbocycles. The lowest BCUT2D eigenvalue weighted by atomic mass is 10.2. The van der Waals surface area contributed by atoms with Crippen LogP contribution in [0.5, 0.6) is 0 Å². The zero-order chi connectivity index (χ0) is 14.6. The van der Waals surface area contributed by atoms with Crippen LogP contribution in [0.3, 0.4) is 0 Å². The van der Waals surface area contributed by atoms with E-state index in [1.54, 1.807) is 0 Å². The molecule has 2 saturated heterocycles. The van der Waals surface area contributed by atoms with Crippen LogP contribution in [0.4, 0.5) is 0 Å². The van der Waals surface area contributed by atoms with Crippen LogP contribution in [-0.2, 0) is 9.59 Å². The van der Waals surface area contributed by atoms with Crippen molar-refractivity contribution >= 4 is 11.9 Å². The molecule has 0 radical (unpaired) electrons. The maximum Gasteiger partial charge on any atom is 0.414 e. The molecule has 6 heteroatoms. The summed E-state index contributed by atoms with van der Waals surface area (Å²) in [4.78, 5) is 18.2. The number of carbonyl (C=O) groups is 2. The van der Waals surface area contributed by atoms with E-state index in [9.17, 15) is 0 Å². The number of carboxylic acid groups (broad SMARTS) is 2. The van der Waals surface area contributed by atoms with E-state index in [-0.39, 0.29) is 0 Å². The zero-order valence-corrected chi connectivity index (χ0v) is 11.8. The van der Waals surface area contributed by atoms with Crippen molar-refractivity contribution in [2.24, 2.45) is 0 Å². The SMILES string of the molecule is C1CNC2(C1)CC2.C1CNC2(C1)CC2.O=C(O)C(=O)O. The number of rotatable bonds is 0. The fourth-order valence-corrected chi connectivity index (χ4v) is 2.89. The van der Waals surface area contributed by atoms with Gasteiger partial charge in [-0.05, 0) is 64.5 Å². The molecule has 0 aromatic carbocycles. The summed E-state index contributed by atoms with van der Waals surface area (Å²) in [6.45, 7) is 2.56. The highest BCUT2D eigenvalue weighted by Gasteiger charge is 2.44. The molecule has 2 heterocycles. The van der Waals surface area contributed by atoms with Crippen LogP contribution >= 0.6 is 0 Å². The highest BCUT2D eigenvalue weighted by Crippen LogP contribution is 2.42. The normalized spacial score (nSPS) is 26.2. The molecule has 4 fully saturated rings. The molecule has 2 spiro atoms. The summed E-state index contributed by atoms with van der Waals surface area (Å²) in [5.74, 6) is -3.65. The van der Waals surface area contributed by atoms with Gasteiger partial charge >= 0.3 is 11.9 Å². The smallest absolute Gasteiger partial charge is 0.414 e. The Morgan fingerprint density at radius 3 is 1.15 bits per heavy atom. The molecule has 2 aliphatic heterocycles. The van der Waals surface area contributed by atoms with E-state index in [2.05, 4.69) is 10.6 Å². The summed E-state index contributed by atoms with van der Waals surface area (Å²) in [6, 6.07) is 0. The average Bonchev–Trinajstić information content (AvgIpc) is 3.18. The molecule has 114 valence electrons. The van der Waals surface area contributed by atoms with Gasteiger partial charge in [-0.3, -0.25) is 0 Å². The molecule has 4 N–H and O–H groups in total. The van der Waals surface area contributed by atoms with Gasteiger partial charge in [0.1, 0.15) is 0 Å². The molecule has 2 aliphatic carbocycles. The number of hydrogen-bond acceptors (Lipinski definition) is 4. The van der Waals surface area contributed by atoms with Crippen molar-refractivity contribution in [3.8, 4) is 0 Å². The summed E-state index contributed by atoms with van der Waals surface area (Å²) in [7, 11) is 0. The number of hydrogen-bond donors (Lipinski definition) is 4. The van der Waals surface area contributed by atoms with Crippen molar-refractivity contribution in [3.63, 3.8) is 0 Å². The third kappa shape index (κ3) is 4.45. The first-order chi connectivity index (χ1) is 9.47. The molecule has 0 aromatic rings. The van der Waals surface area contributed by atoms with E-state index in [0.717, 1.165) is 0 Å². The largest absolute Gasteiger partial charge is 0.473 e. The lowest BCUT2D eigenvalue weighted by molar-refractivity contribution is -0.159. The van der Waals surface area contributed by atoms with Crippen molar-refractivity contribution in [2.75, 3.05) is 13.1 Å². The minimum atomic E-state index is -1.82. The van der Waals surface area contributed by atoms with Gasteiger partial charge in [-0.15, -0.1) is 0 Å². The van der Waals surface area contributed by atoms with Crippen molar-refractivity contribution in [1.82, 2.24) is 10.6 Å². The van der Waals surface area contributed by atoms with E-state index in [1.165, 1.54) is 64.5 Å². The molecule has 4 aliphatic rings. The molecular formula is C14H24N2O4. The van der Waals surface area contributed by atoms with E-state index in [4.69, 9.17) is 19.8 Å². The quantitative estimate of drug-likeness (QED) is 0.495. The summed E-state index contributed by atoms with van der Waals surface area (Å²) in [5, 5.41) is 21.8. The van der Waals surface area contributed by atoms with E-state index >= 15 is 0 Å². The van der Waals surface area contributed by atoms with Gasteiger partial charge in [0, 0.05) is 11.1 Å². The Bertz CT molecular complexity index is 323. The van der Waals surface area contributed by atoms with Crippen molar-refractivity contribution in [3.05, 3.63) is 0 Å². The number of carboxylic acids is 2. The van der Waals surface area contributed by atoms with E-state index < -0.39 is 11.9 Å². The first-order valence-electron chi connectivity index (χ1n) is 7.43. The summed E-state index contributed by atoms with van der Waals surface area (Å²) in [5.41, 5.74) is 1.39. The molecule has 4 rings (SSSR count). The molecular weight excluding hydrogens is 260 g/mol. The van der Waals surface area contributed by atoms with Crippen LogP contribution in [0.1, 0.15) is 51.4 Å². The molecule has 0 amide bonds. The van der Waals surface area contributed by atoms with Crippen LogP contribution in [-0.4, -0.2) is 46.3 Å². The third-order valence-corrected chi connectivity index (χ3v) is 4.55. The van der Waals surface area contributed by atoms with Crippen molar-refractivity contribution in [2.45, 2.75) is 62.4 Å². The Balaban J connectivity index is 0.000000111. The van der Waals surface area contributed by atoms with Crippen LogP contribution in [0.2, 0.25) is 0 Å². The van der Waals surface area contributed by atoms with Gasteiger partial charge in [0.2, 0.25) is 0 Å². The molecule has 6 nitrogen and oxygen atoms in total. The Morgan fingerprint density at radius 2 is 1.05 bits per heavy atom. The molecule has 0 unspecified atom stereocenters. The number of aliphatic carboxylic acids is 2. The van der Waals surface area contributed by atoms with Crippen molar-refractivity contribution < 1.29 is 19.8 Å². The van der Waals surface area contributed by atoms with Crippen molar-refractivity contribution in [1.29, 1.82) is 0 Å². The maximum absolute atomic E-state index is 9.10. The lowest BCUT2D eigenvalue weighted by Crippen LogP contribution is -2.22. The van der Waals surface area contributed by atoms with E-state index in [0.29, 0.717) is 11.1 Å². The summed E-state index contributed by atoms with van der Waals surface area (Å²) in [6.07, 6.45) is 11.5. The van der Waals surface area contributed by atoms with Gasteiger partial charge in [0.05, 0.1) is 0 Å². The fraction of sp³-hybridized carbons (Fsp3) is 0.857. The van der Waals surface area contributed by atoms with Gasteiger partial charge in [-0.25, -0.2) is 9.59 Å². The minimum absolute atomic E-state index is 0.694. The Kier molecular flexibility index (Phi) is 4.65. The minimum Gasteiger partial charge on any atom is -0.473 e. The standard InChI is InChI=1S/2C6H11N.C2H2O4/c2*1-2-6(3-4-6)7-5-1;3-1(4)2(5)6/h2*7H,1-5H2;(H,3,4)(H,5,6). The monoisotopic (exact) mass is 284 g/mol. The van der Waals surface area contributed by atoms with Crippen LogP contribution in [0, 0.1) is 0 Å². The Hall–Kier alpha value is -1.14. The lowest BCUT2D eigenvalue weighted by Gasteiger charge is -2.01.